The number of anilines is 2. The van der Waals surface area contributed by atoms with Gasteiger partial charge in [0.15, 0.2) is 5.82 Å². The third kappa shape index (κ3) is 4.61. The van der Waals surface area contributed by atoms with Crippen LogP contribution in [0.5, 0.6) is 0 Å². The van der Waals surface area contributed by atoms with Crippen LogP contribution in [0, 0.1) is 5.92 Å². The smallest absolute Gasteiger partial charge is 0.223 e. The molecule has 6 nitrogen and oxygen atoms in total. The van der Waals surface area contributed by atoms with Crippen LogP contribution in [0.4, 0.5) is 11.5 Å². The quantitative estimate of drug-likeness (QED) is 0.850. The number of nitrogens with zero attached hydrogens (tertiary/aromatic N) is 4. The molecule has 0 atom stereocenters. The summed E-state index contributed by atoms with van der Waals surface area (Å²) in [6.07, 6.45) is 12.7. The molecule has 1 aromatic rings. The van der Waals surface area contributed by atoms with Crippen LogP contribution in [0.25, 0.3) is 0 Å². The summed E-state index contributed by atoms with van der Waals surface area (Å²) in [4.78, 5) is 25.5. The molecule has 1 aliphatic heterocycles. The second-order valence-electron chi connectivity index (χ2n) is 7.58. The zero-order valence-corrected chi connectivity index (χ0v) is 15.6. The van der Waals surface area contributed by atoms with Gasteiger partial charge in [-0.1, -0.05) is 25.7 Å². The Hall–Kier alpha value is -1.85. The standard InChI is InChI=1S/C19H31N5O/c1-23(2)18-17(13-20-14-21-18)24-11-9-15(10-12-24)19(25)22-16-7-5-3-4-6-8-16/h13-16H,3-12H2,1-2H3,(H,22,25). The SMILES string of the molecule is CN(C)c1ncncc1N1CCC(C(=O)NC2CCCCCC2)CC1. The van der Waals surface area contributed by atoms with Crippen molar-refractivity contribution in [1.82, 2.24) is 15.3 Å². The van der Waals surface area contributed by atoms with E-state index in [2.05, 4.69) is 20.2 Å². The van der Waals surface area contributed by atoms with Crippen molar-refractivity contribution in [2.75, 3.05) is 37.0 Å². The Morgan fingerprint density at radius 3 is 2.44 bits per heavy atom. The van der Waals surface area contributed by atoms with Crippen LogP contribution in [0.3, 0.4) is 0 Å². The largest absolute Gasteiger partial charge is 0.367 e. The van der Waals surface area contributed by atoms with Crippen molar-refractivity contribution in [2.45, 2.75) is 57.4 Å². The minimum absolute atomic E-state index is 0.145. The van der Waals surface area contributed by atoms with Gasteiger partial charge in [-0.15, -0.1) is 0 Å². The minimum Gasteiger partial charge on any atom is -0.367 e. The fourth-order valence-corrected chi connectivity index (χ4v) is 4.01. The Kier molecular flexibility index (Phi) is 6.10. The Balaban J connectivity index is 1.54. The molecular formula is C19H31N5O. The highest BCUT2D eigenvalue weighted by molar-refractivity contribution is 5.79. The number of nitrogens with one attached hydrogen (secondary N) is 1. The van der Waals surface area contributed by atoms with Crippen molar-refractivity contribution < 1.29 is 4.79 Å². The third-order valence-corrected chi connectivity index (χ3v) is 5.50. The molecule has 2 heterocycles. The van der Waals surface area contributed by atoms with E-state index in [1.165, 1.54) is 25.7 Å². The summed E-state index contributed by atoms with van der Waals surface area (Å²) < 4.78 is 0. The first-order valence-corrected chi connectivity index (χ1v) is 9.68. The Morgan fingerprint density at radius 1 is 1.12 bits per heavy atom. The van der Waals surface area contributed by atoms with Gasteiger partial charge in [0.05, 0.1) is 11.9 Å². The number of amides is 1. The fourth-order valence-electron chi connectivity index (χ4n) is 4.01. The molecule has 1 aliphatic carbocycles. The summed E-state index contributed by atoms with van der Waals surface area (Å²) >= 11 is 0. The van der Waals surface area contributed by atoms with Gasteiger partial charge >= 0.3 is 0 Å². The zero-order valence-electron chi connectivity index (χ0n) is 15.6. The van der Waals surface area contributed by atoms with Crippen LogP contribution in [0.1, 0.15) is 51.4 Å². The number of carbonyl (C=O) groups excluding carboxylic acids is 1. The van der Waals surface area contributed by atoms with E-state index in [1.54, 1.807) is 6.33 Å². The lowest BCUT2D eigenvalue weighted by molar-refractivity contribution is -0.126. The number of piperidine rings is 1. The summed E-state index contributed by atoms with van der Waals surface area (Å²) in [5.74, 6) is 1.35. The molecule has 0 radical (unpaired) electrons. The molecule has 1 amide bonds. The molecule has 2 fully saturated rings. The van der Waals surface area contributed by atoms with Gasteiger partial charge in [-0.05, 0) is 25.7 Å². The van der Waals surface area contributed by atoms with Crippen molar-refractivity contribution in [1.29, 1.82) is 0 Å². The highest BCUT2D eigenvalue weighted by Crippen LogP contribution is 2.29. The summed E-state index contributed by atoms with van der Waals surface area (Å²) in [5.41, 5.74) is 1.06. The minimum atomic E-state index is 0.145. The normalized spacial score (nSPS) is 20.2. The molecule has 1 saturated carbocycles. The van der Waals surface area contributed by atoms with Gasteiger partial charge in [0.25, 0.3) is 0 Å². The molecular weight excluding hydrogens is 314 g/mol. The molecule has 0 aromatic carbocycles. The van der Waals surface area contributed by atoms with Crippen molar-refractivity contribution in [3.8, 4) is 0 Å². The molecule has 3 rings (SSSR count). The van der Waals surface area contributed by atoms with Crippen molar-refractivity contribution >= 4 is 17.4 Å². The van der Waals surface area contributed by atoms with Crippen molar-refractivity contribution in [3.05, 3.63) is 12.5 Å². The first kappa shape index (κ1) is 18.0. The lowest BCUT2D eigenvalue weighted by Crippen LogP contribution is -2.44. The average Bonchev–Trinajstić information content (AvgIpc) is 2.90. The van der Waals surface area contributed by atoms with Crippen LogP contribution in [-0.4, -0.2) is 49.1 Å². The molecule has 138 valence electrons. The number of hydrogen-bond donors (Lipinski definition) is 1. The highest BCUT2D eigenvalue weighted by atomic mass is 16.1. The fraction of sp³-hybridized carbons (Fsp3) is 0.737. The van der Waals surface area contributed by atoms with E-state index < -0.39 is 0 Å². The average molecular weight is 345 g/mol. The second kappa shape index (κ2) is 8.50. The van der Waals surface area contributed by atoms with E-state index in [-0.39, 0.29) is 11.8 Å². The Labute approximate surface area is 151 Å². The summed E-state index contributed by atoms with van der Waals surface area (Å²) in [5, 5.41) is 3.32. The van der Waals surface area contributed by atoms with Gasteiger partial charge in [-0.2, -0.15) is 0 Å². The second-order valence-corrected chi connectivity index (χ2v) is 7.58. The van der Waals surface area contributed by atoms with E-state index in [4.69, 9.17) is 0 Å². The molecule has 0 spiro atoms. The summed E-state index contributed by atoms with van der Waals surface area (Å²) in [7, 11) is 4.00. The van der Waals surface area contributed by atoms with E-state index >= 15 is 0 Å². The van der Waals surface area contributed by atoms with E-state index in [1.807, 2.05) is 25.2 Å². The Bertz CT molecular complexity index is 561. The number of rotatable bonds is 4. The number of aromatic nitrogens is 2. The first-order chi connectivity index (χ1) is 12.1. The van der Waals surface area contributed by atoms with Gasteiger partial charge in [-0.25, -0.2) is 9.97 Å². The van der Waals surface area contributed by atoms with Gasteiger partial charge < -0.3 is 15.1 Å². The van der Waals surface area contributed by atoms with E-state index in [0.29, 0.717) is 6.04 Å². The lowest BCUT2D eigenvalue weighted by Gasteiger charge is -2.34. The monoisotopic (exact) mass is 345 g/mol. The Morgan fingerprint density at radius 2 is 1.80 bits per heavy atom. The molecule has 0 unspecified atom stereocenters. The topological polar surface area (TPSA) is 61.4 Å². The van der Waals surface area contributed by atoms with Crippen LogP contribution in [-0.2, 0) is 4.79 Å². The molecule has 0 bridgehead atoms. The summed E-state index contributed by atoms with van der Waals surface area (Å²) in [6.45, 7) is 1.77. The van der Waals surface area contributed by atoms with Crippen LogP contribution < -0.4 is 15.1 Å². The number of carbonyl (C=O) groups is 1. The van der Waals surface area contributed by atoms with Crippen molar-refractivity contribution in [2.24, 2.45) is 5.92 Å². The third-order valence-electron chi connectivity index (χ3n) is 5.50. The molecule has 1 N–H and O–H groups in total. The van der Waals surface area contributed by atoms with Crippen molar-refractivity contribution in [3.63, 3.8) is 0 Å². The van der Waals surface area contributed by atoms with Gasteiger partial charge in [0.1, 0.15) is 6.33 Å². The molecule has 6 heteroatoms. The van der Waals surface area contributed by atoms with Gasteiger partial charge in [0.2, 0.25) is 5.91 Å². The molecule has 1 aromatic heterocycles. The molecule has 25 heavy (non-hydrogen) atoms. The van der Waals surface area contributed by atoms with Crippen LogP contribution in [0.2, 0.25) is 0 Å². The van der Waals surface area contributed by atoms with Gasteiger partial charge in [-0.3, -0.25) is 4.79 Å². The maximum atomic E-state index is 12.6. The highest BCUT2D eigenvalue weighted by Gasteiger charge is 2.28. The predicted octanol–water partition coefficient (Wildman–Crippen LogP) is 2.60. The maximum absolute atomic E-state index is 12.6. The molecule has 2 aliphatic rings. The van der Waals surface area contributed by atoms with Crippen LogP contribution >= 0.6 is 0 Å². The van der Waals surface area contributed by atoms with Crippen LogP contribution in [0.15, 0.2) is 12.5 Å². The van der Waals surface area contributed by atoms with Gasteiger partial charge in [0, 0.05) is 39.1 Å². The maximum Gasteiger partial charge on any atom is 0.223 e. The zero-order chi connectivity index (χ0) is 17.6. The first-order valence-electron chi connectivity index (χ1n) is 9.68. The predicted molar refractivity (Wildman–Crippen MR) is 101 cm³/mol. The summed E-state index contributed by atoms with van der Waals surface area (Å²) in [6, 6.07) is 0.399. The van der Waals surface area contributed by atoms with E-state index in [0.717, 1.165) is 50.3 Å². The van der Waals surface area contributed by atoms with E-state index in [9.17, 15) is 4.79 Å². The number of hydrogen-bond acceptors (Lipinski definition) is 5. The lowest BCUT2D eigenvalue weighted by atomic mass is 9.94. The molecule has 1 saturated heterocycles.